The minimum atomic E-state index is -0.490. The van der Waals surface area contributed by atoms with Gasteiger partial charge in [0.2, 0.25) is 5.95 Å². The van der Waals surface area contributed by atoms with Gasteiger partial charge in [-0.3, -0.25) is 4.90 Å². The third-order valence-corrected chi connectivity index (χ3v) is 6.84. The molecule has 1 aliphatic heterocycles. The zero-order valence-electron chi connectivity index (χ0n) is 24.0. The molecular weight excluding hydrogens is 523 g/mol. The van der Waals surface area contributed by atoms with Gasteiger partial charge < -0.3 is 25.0 Å². The summed E-state index contributed by atoms with van der Waals surface area (Å²) in [6.45, 7) is 11.7. The molecule has 1 aliphatic carbocycles. The second-order valence-electron chi connectivity index (χ2n) is 11.4. The van der Waals surface area contributed by atoms with E-state index in [0.29, 0.717) is 42.7 Å². The highest BCUT2D eigenvalue weighted by Crippen LogP contribution is 2.32. The van der Waals surface area contributed by atoms with Crippen LogP contribution in [-0.2, 0) is 11.2 Å². The molecular formula is C31H37FN6O3. The van der Waals surface area contributed by atoms with Crippen molar-refractivity contribution in [3.8, 4) is 5.75 Å². The van der Waals surface area contributed by atoms with Crippen LogP contribution < -0.4 is 15.4 Å². The van der Waals surface area contributed by atoms with Crippen LogP contribution in [0.3, 0.4) is 0 Å². The van der Waals surface area contributed by atoms with Crippen molar-refractivity contribution in [2.24, 2.45) is 0 Å². The van der Waals surface area contributed by atoms with Crippen molar-refractivity contribution < 1.29 is 18.7 Å². The predicted octanol–water partition coefficient (Wildman–Crippen LogP) is 5.99. The molecule has 2 N–H and O–H groups in total. The normalized spacial score (nSPS) is 15.2. The van der Waals surface area contributed by atoms with Gasteiger partial charge in [-0.1, -0.05) is 23.8 Å². The van der Waals surface area contributed by atoms with Crippen LogP contribution in [0.2, 0.25) is 0 Å². The number of carbonyl (C=O) groups excluding carboxylic acids is 1. The number of nitrogens with one attached hydrogen (secondary N) is 2. The number of halogens is 1. The minimum absolute atomic E-state index is 0.258. The van der Waals surface area contributed by atoms with Gasteiger partial charge in [-0.2, -0.15) is 4.98 Å². The molecule has 1 fully saturated rings. The number of carbonyl (C=O) groups is 1. The number of anilines is 4. The van der Waals surface area contributed by atoms with Gasteiger partial charge in [0.25, 0.3) is 0 Å². The molecule has 10 heteroatoms. The van der Waals surface area contributed by atoms with E-state index >= 15 is 4.39 Å². The Bertz CT molecular complexity index is 1430. The summed E-state index contributed by atoms with van der Waals surface area (Å²) in [5.74, 6) is 1.31. The van der Waals surface area contributed by atoms with Gasteiger partial charge in [0.1, 0.15) is 23.8 Å². The highest BCUT2D eigenvalue weighted by molar-refractivity contribution is 5.71. The molecule has 2 heterocycles. The lowest BCUT2D eigenvalue weighted by molar-refractivity contribution is 0.0137. The summed E-state index contributed by atoms with van der Waals surface area (Å²) in [6.07, 6.45) is 4.04. The van der Waals surface area contributed by atoms with Crippen LogP contribution in [0.25, 0.3) is 6.08 Å². The molecule has 9 nitrogen and oxygen atoms in total. The Morgan fingerprint density at radius 2 is 1.88 bits per heavy atom. The smallest absolute Gasteiger partial charge is 0.410 e. The van der Waals surface area contributed by atoms with Crippen LogP contribution in [-0.4, -0.2) is 70.8 Å². The number of hydrogen-bond donors (Lipinski definition) is 2. The summed E-state index contributed by atoms with van der Waals surface area (Å²) in [5.41, 5.74) is 3.44. The fraction of sp³-hybridized carbons (Fsp3) is 0.387. The summed E-state index contributed by atoms with van der Waals surface area (Å²) in [6, 6.07) is 13.0. The first kappa shape index (κ1) is 28.4. The summed E-state index contributed by atoms with van der Waals surface area (Å²) >= 11 is 0. The lowest BCUT2D eigenvalue weighted by Gasteiger charge is -2.35. The van der Waals surface area contributed by atoms with Crippen molar-refractivity contribution in [1.82, 2.24) is 19.8 Å². The second kappa shape index (κ2) is 12.1. The van der Waals surface area contributed by atoms with Gasteiger partial charge in [-0.05, 0) is 63.9 Å². The number of amides is 1. The molecule has 2 aliphatic rings. The number of rotatable bonds is 8. The quantitative estimate of drug-likeness (QED) is 0.347. The fourth-order valence-corrected chi connectivity index (χ4v) is 4.83. The van der Waals surface area contributed by atoms with Gasteiger partial charge in [-0.15, -0.1) is 0 Å². The maximum atomic E-state index is 15.0. The molecule has 0 bridgehead atoms. The molecule has 0 unspecified atom stereocenters. The molecule has 0 spiro atoms. The van der Waals surface area contributed by atoms with Crippen LogP contribution >= 0.6 is 0 Å². The largest absolute Gasteiger partial charge is 0.492 e. The van der Waals surface area contributed by atoms with Crippen LogP contribution in [0.5, 0.6) is 5.75 Å². The van der Waals surface area contributed by atoms with E-state index < -0.39 is 5.60 Å². The SMILES string of the molecule is CC1=Cc2c(ccc(Nc3ccnc(Nc4cccc(OCCN5CCN(C(=O)OC(C)(C)C)CC5)c4)n3)c2F)C1. The Morgan fingerprint density at radius 1 is 1.07 bits per heavy atom. The zero-order valence-corrected chi connectivity index (χ0v) is 24.0. The number of allylic oxidation sites excluding steroid dienone is 1. The van der Waals surface area contributed by atoms with E-state index in [0.717, 1.165) is 48.6 Å². The van der Waals surface area contributed by atoms with Gasteiger partial charge in [-0.25, -0.2) is 14.2 Å². The topological polar surface area (TPSA) is 91.9 Å². The number of aromatic nitrogens is 2. The predicted molar refractivity (Wildman–Crippen MR) is 159 cm³/mol. The molecule has 216 valence electrons. The Hall–Kier alpha value is -4.18. The first-order chi connectivity index (χ1) is 19.6. The number of piperazine rings is 1. The molecule has 5 rings (SSSR count). The van der Waals surface area contributed by atoms with Gasteiger partial charge in [0.05, 0.1) is 5.69 Å². The highest BCUT2D eigenvalue weighted by atomic mass is 19.1. The standard InChI is InChI=1S/C31H37FN6O3/c1-21-18-22-8-9-26(28(32)25(22)19-21)35-27-10-11-33-29(36-27)34-23-6-5-7-24(20-23)40-17-16-37-12-14-38(15-13-37)30(39)41-31(2,3)4/h5-11,19-20H,12-18H2,1-4H3,(H2,33,34,35,36). The molecule has 1 aromatic heterocycles. The van der Waals surface area contributed by atoms with E-state index in [1.165, 1.54) is 0 Å². The number of benzene rings is 2. The summed E-state index contributed by atoms with van der Waals surface area (Å²) < 4.78 is 26.5. The minimum Gasteiger partial charge on any atom is -0.492 e. The van der Waals surface area contributed by atoms with Crippen molar-refractivity contribution in [2.45, 2.75) is 39.7 Å². The van der Waals surface area contributed by atoms with E-state index in [9.17, 15) is 4.79 Å². The van der Waals surface area contributed by atoms with E-state index in [1.807, 2.05) is 64.1 Å². The van der Waals surface area contributed by atoms with Crippen molar-refractivity contribution in [3.05, 3.63) is 71.2 Å². The summed E-state index contributed by atoms with van der Waals surface area (Å²) in [4.78, 5) is 25.1. The Kier molecular flexibility index (Phi) is 8.39. The lowest BCUT2D eigenvalue weighted by atomic mass is 10.1. The van der Waals surface area contributed by atoms with E-state index in [-0.39, 0.29) is 11.9 Å². The Morgan fingerprint density at radius 3 is 2.66 bits per heavy atom. The Labute approximate surface area is 240 Å². The van der Waals surface area contributed by atoms with Crippen molar-refractivity contribution in [1.29, 1.82) is 0 Å². The molecule has 0 saturated carbocycles. The average molecular weight is 561 g/mol. The van der Waals surface area contributed by atoms with E-state index in [2.05, 4.69) is 25.5 Å². The fourth-order valence-electron chi connectivity index (χ4n) is 4.83. The summed E-state index contributed by atoms with van der Waals surface area (Å²) in [7, 11) is 0. The third kappa shape index (κ3) is 7.52. The number of hydrogen-bond acceptors (Lipinski definition) is 8. The van der Waals surface area contributed by atoms with Crippen LogP contribution in [0, 0.1) is 5.82 Å². The molecule has 0 atom stereocenters. The zero-order chi connectivity index (χ0) is 29.0. The van der Waals surface area contributed by atoms with Crippen molar-refractivity contribution in [3.63, 3.8) is 0 Å². The second-order valence-corrected chi connectivity index (χ2v) is 11.4. The van der Waals surface area contributed by atoms with Crippen LogP contribution in [0.15, 0.2) is 54.2 Å². The van der Waals surface area contributed by atoms with Crippen LogP contribution in [0.1, 0.15) is 38.8 Å². The van der Waals surface area contributed by atoms with Crippen molar-refractivity contribution in [2.75, 3.05) is 50.0 Å². The molecule has 1 amide bonds. The van der Waals surface area contributed by atoms with E-state index in [1.54, 1.807) is 23.2 Å². The van der Waals surface area contributed by atoms with Gasteiger partial charge >= 0.3 is 6.09 Å². The number of nitrogens with zero attached hydrogens (tertiary/aromatic N) is 4. The maximum absolute atomic E-state index is 15.0. The summed E-state index contributed by atoms with van der Waals surface area (Å²) in [5, 5.41) is 6.28. The lowest BCUT2D eigenvalue weighted by Crippen LogP contribution is -2.50. The third-order valence-electron chi connectivity index (χ3n) is 6.84. The monoisotopic (exact) mass is 560 g/mol. The van der Waals surface area contributed by atoms with Crippen LogP contribution in [0.4, 0.5) is 32.3 Å². The first-order valence-electron chi connectivity index (χ1n) is 13.9. The molecule has 1 saturated heterocycles. The molecule has 2 aromatic carbocycles. The van der Waals surface area contributed by atoms with Gasteiger partial charge in [0.15, 0.2) is 5.82 Å². The number of fused-ring (bicyclic) bond motifs is 1. The first-order valence-corrected chi connectivity index (χ1v) is 13.9. The van der Waals surface area contributed by atoms with Gasteiger partial charge in [0, 0.05) is 56.2 Å². The maximum Gasteiger partial charge on any atom is 0.410 e. The highest BCUT2D eigenvalue weighted by Gasteiger charge is 2.25. The average Bonchev–Trinajstić information content (AvgIpc) is 3.31. The number of ether oxygens (including phenoxy) is 2. The molecule has 41 heavy (non-hydrogen) atoms. The Balaban J connectivity index is 1.11. The van der Waals surface area contributed by atoms with Crippen molar-refractivity contribution >= 4 is 35.3 Å². The molecule has 0 radical (unpaired) electrons. The molecule has 3 aromatic rings. The van der Waals surface area contributed by atoms with E-state index in [4.69, 9.17) is 9.47 Å².